The Morgan fingerprint density at radius 2 is 2.06 bits per heavy atom. The number of aryl methyl sites for hydroxylation is 1. The van der Waals surface area contributed by atoms with E-state index in [1.807, 2.05) is 20.9 Å². The van der Waals surface area contributed by atoms with Crippen molar-refractivity contribution in [3.05, 3.63) is 11.4 Å². The summed E-state index contributed by atoms with van der Waals surface area (Å²) in [6, 6.07) is 0. The third-order valence-corrected chi connectivity index (χ3v) is 3.63. The van der Waals surface area contributed by atoms with E-state index in [2.05, 4.69) is 27.1 Å². The van der Waals surface area contributed by atoms with Gasteiger partial charge >= 0.3 is 0 Å². The van der Waals surface area contributed by atoms with Crippen molar-refractivity contribution in [2.75, 3.05) is 30.4 Å². The summed E-state index contributed by atoms with van der Waals surface area (Å²) in [7, 11) is 1.88. The number of hydrogen-bond donors (Lipinski definition) is 2. The van der Waals surface area contributed by atoms with Gasteiger partial charge in [-0.3, -0.25) is 0 Å². The van der Waals surface area contributed by atoms with E-state index in [9.17, 15) is 5.11 Å². The second kappa shape index (κ2) is 5.10. The molecule has 0 aliphatic carbocycles. The highest BCUT2D eigenvalue weighted by atomic mass is 16.3. The minimum Gasteiger partial charge on any atom is -0.393 e. The molecule has 1 saturated heterocycles. The highest BCUT2D eigenvalue weighted by Crippen LogP contribution is 2.27. The Hall–Kier alpha value is -1.36. The van der Waals surface area contributed by atoms with Gasteiger partial charge in [0.1, 0.15) is 17.5 Å². The molecule has 0 radical (unpaired) electrons. The summed E-state index contributed by atoms with van der Waals surface area (Å²) in [6.07, 6.45) is 0.617. The van der Waals surface area contributed by atoms with Crippen molar-refractivity contribution in [3.8, 4) is 0 Å². The number of aliphatic hydroxyl groups is 1. The van der Waals surface area contributed by atoms with Crippen LogP contribution in [-0.2, 0) is 0 Å². The van der Waals surface area contributed by atoms with Crippen molar-refractivity contribution in [1.29, 1.82) is 0 Å². The molecule has 0 bridgehead atoms. The van der Waals surface area contributed by atoms with Crippen LogP contribution < -0.4 is 10.2 Å². The Labute approximate surface area is 108 Å². The summed E-state index contributed by atoms with van der Waals surface area (Å²) in [5.74, 6) is 2.94. The van der Waals surface area contributed by atoms with E-state index in [1.54, 1.807) is 0 Å². The molecule has 0 spiro atoms. The molecule has 2 heterocycles. The molecule has 2 atom stereocenters. The molecule has 1 fully saturated rings. The zero-order valence-electron chi connectivity index (χ0n) is 11.6. The molecular weight excluding hydrogens is 228 g/mol. The highest BCUT2D eigenvalue weighted by Gasteiger charge is 2.26. The first-order chi connectivity index (χ1) is 8.52. The first kappa shape index (κ1) is 13.1. The molecular formula is C13H22N4O. The molecule has 100 valence electrons. The fraction of sp³-hybridized carbons (Fsp3) is 0.692. The molecule has 18 heavy (non-hydrogen) atoms. The normalized spacial score (nSPS) is 24.2. The number of hydrogen-bond acceptors (Lipinski definition) is 5. The van der Waals surface area contributed by atoms with Gasteiger partial charge in [0, 0.05) is 25.7 Å². The van der Waals surface area contributed by atoms with Gasteiger partial charge in [0.15, 0.2) is 0 Å². The predicted molar refractivity (Wildman–Crippen MR) is 73.1 cm³/mol. The van der Waals surface area contributed by atoms with Crippen LogP contribution in [0.15, 0.2) is 0 Å². The van der Waals surface area contributed by atoms with Crippen molar-refractivity contribution in [2.24, 2.45) is 5.92 Å². The van der Waals surface area contributed by atoms with E-state index < -0.39 is 0 Å². The zero-order valence-corrected chi connectivity index (χ0v) is 11.6. The summed E-state index contributed by atoms with van der Waals surface area (Å²) >= 11 is 0. The minimum absolute atomic E-state index is 0.187. The van der Waals surface area contributed by atoms with Gasteiger partial charge in [-0.15, -0.1) is 0 Å². The van der Waals surface area contributed by atoms with E-state index in [0.717, 1.165) is 42.5 Å². The molecule has 1 aromatic rings. The molecule has 1 aliphatic rings. The molecule has 5 heteroatoms. The second-order valence-electron chi connectivity index (χ2n) is 5.10. The van der Waals surface area contributed by atoms with Gasteiger partial charge in [-0.2, -0.15) is 0 Å². The van der Waals surface area contributed by atoms with E-state index in [0.29, 0.717) is 0 Å². The largest absolute Gasteiger partial charge is 0.393 e. The summed E-state index contributed by atoms with van der Waals surface area (Å²) in [5, 5.41) is 12.9. The Morgan fingerprint density at radius 3 is 2.67 bits per heavy atom. The molecule has 2 unspecified atom stereocenters. The number of aromatic nitrogens is 2. The van der Waals surface area contributed by atoms with Crippen LogP contribution in [0.1, 0.15) is 24.7 Å². The molecule has 0 saturated carbocycles. The number of rotatable bonds is 2. The van der Waals surface area contributed by atoms with Gasteiger partial charge in [-0.1, -0.05) is 6.92 Å². The van der Waals surface area contributed by atoms with Gasteiger partial charge < -0.3 is 15.3 Å². The third kappa shape index (κ3) is 2.41. The van der Waals surface area contributed by atoms with E-state index in [4.69, 9.17) is 0 Å². The van der Waals surface area contributed by atoms with Crippen LogP contribution in [0.5, 0.6) is 0 Å². The smallest absolute Gasteiger partial charge is 0.137 e. The lowest BCUT2D eigenvalue weighted by atomic mass is 9.96. The Morgan fingerprint density at radius 1 is 1.33 bits per heavy atom. The van der Waals surface area contributed by atoms with Crippen molar-refractivity contribution < 1.29 is 5.11 Å². The van der Waals surface area contributed by atoms with Gasteiger partial charge in [-0.05, 0) is 26.2 Å². The lowest BCUT2D eigenvalue weighted by molar-refractivity contribution is 0.0968. The van der Waals surface area contributed by atoms with Crippen LogP contribution in [0.2, 0.25) is 0 Å². The summed E-state index contributed by atoms with van der Waals surface area (Å²) < 4.78 is 0. The van der Waals surface area contributed by atoms with Crippen molar-refractivity contribution in [3.63, 3.8) is 0 Å². The molecule has 2 rings (SSSR count). The average Bonchev–Trinajstić information content (AvgIpc) is 2.35. The summed E-state index contributed by atoms with van der Waals surface area (Å²) in [4.78, 5) is 11.2. The first-order valence-corrected chi connectivity index (χ1v) is 6.49. The molecule has 0 aromatic carbocycles. The fourth-order valence-electron chi connectivity index (χ4n) is 2.49. The topological polar surface area (TPSA) is 61.3 Å². The van der Waals surface area contributed by atoms with Crippen LogP contribution in [0, 0.1) is 19.8 Å². The van der Waals surface area contributed by atoms with Gasteiger partial charge in [0.05, 0.1) is 6.10 Å². The number of piperidine rings is 1. The second-order valence-corrected chi connectivity index (χ2v) is 5.10. The van der Waals surface area contributed by atoms with Gasteiger partial charge in [0.2, 0.25) is 0 Å². The molecule has 0 amide bonds. The molecule has 2 N–H and O–H groups in total. The van der Waals surface area contributed by atoms with Crippen LogP contribution in [0.4, 0.5) is 11.6 Å². The number of nitrogens with zero attached hydrogens (tertiary/aromatic N) is 3. The summed E-state index contributed by atoms with van der Waals surface area (Å²) in [6.45, 7) is 7.73. The fourth-order valence-corrected chi connectivity index (χ4v) is 2.49. The van der Waals surface area contributed by atoms with Crippen LogP contribution in [0.25, 0.3) is 0 Å². The summed E-state index contributed by atoms with van der Waals surface area (Å²) in [5.41, 5.74) is 1.08. The SMILES string of the molecule is CNc1nc(C)nc(N2CCC(O)C(C)C2)c1C. The lowest BCUT2D eigenvalue weighted by Crippen LogP contribution is -2.42. The Bertz CT molecular complexity index is 435. The maximum atomic E-state index is 9.80. The Kier molecular flexibility index (Phi) is 3.71. The van der Waals surface area contributed by atoms with E-state index in [1.165, 1.54) is 0 Å². The standard InChI is InChI=1S/C13H22N4O/c1-8-7-17(6-5-11(8)18)13-9(2)12(14-4)15-10(3)16-13/h8,11,18H,5-7H2,1-4H3,(H,14,15,16). The van der Waals surface area contributed by atoms with Crippen molar-refractivity contribution in [2.45, 2.75) is 33.3 Å². The molecule has 1 aromatic heterocycles. The first-order valence-electron chi connectivity index (χ1n) is 6.49. The van der Waals surface area contributed by atoms with Crippen LogP contribution >= 0.6 is 0 Å². The molecule has 1 aliphatic heterocycles. The van der Waals surface area contributed by atoms with Crippen LogP contribution in [-0.4, -0.2) is 41.3 Å². The Balaban J connectivity index is 2.30. The number of anilines is 2. The van der Waals surface area contributed by atoms with Gasteiger partial charge in [-0.25, -0.2) is 9.97 Å². The monoisotopic (exact) mass is 250 g/mol. The maximum absolute atomic E-state index is 9.80. The highest BCUT2D eigenvalue weighted by molar-refractivity contribution is 5.58. The number of nitrogens with one attached hydrogen (secondary N) is 1. The predicted octanol–water partition coefficient (Wildman–Crippen LogP) is 1.34. The molecule has 5 nitrogen and oxygen atoms in total. The minimum atomic E-state index is -0.187. The zero-order chi connectivity index (χ0) is 13.3. The third-order valence-electron chi connectivity index (χ3n) is 3.63. The van der Waals surface area contributed by atoms with Crippen molar-refractivity contribution in [1.82, 2.24) is 9.97 Å². The maximum Gasteiger partial charge on any atom is 0.137 e. The van der Waals surface area contributed by atoms with Gasteiger partial charge in [0.25, 0.3) is 0 Å². The number of aliphatic hydroxyl groups excluding tert-OH is 1. The van der Waals surface area contributed by atoms with Crippen LogP contribution in [0.3, 0.4) is 0 Å². The van der Waals surface area contributed by atoms with E-state index in [-0.39, 0.29) is 12.0 Å². The van der Waals surface area contributed by atoms with E-state index >= 15 is 0 Å². The lowest BCUT2D eigenvalue weighted by Gasteiger charge is -2.36. The van der Waals surface area contributed by atoms with Crippen molar-refractivity contribution >= 4 is 11.6 Å². The average molecular weight is 250 g/mol. The quantitative estimate of drug-likeness (QED) is 0.829.